The summed E-state index contributed by atoms with van der Waals surface area (Å²) >= 11 is 5.60. The van der Waals surface area contributed by atoms with Gasteiger partial charge in [0, 0.05) is 19.6 Å². The predicted octanol–water partition coefficient (Wildman–Crippen LogP) is 2.67. The van der Waals surface area contributed by atoms with E-state index >= 15 is 0 Å². The highest BCUT2D eigenvalue weighted by Crippen LogP contribution is 2.22. The maximum atomic E-state index is 12.5. The molecule has 0 bridgehead atoms. The zero-order chi connectivity index (χ0) is 17.6. The first-order valence-corrected chi connectivity index (χ1v) is 8.74. The largest absolute Gasteiger partial charge is 0.462 e. The molecule has 7 heteroatoms. The molecule has 0 radical (unpaired) electrons. The second-order valence-corrected chi connectivity index (χ2v) is 6.07. The number of nitrogens with zero attached hydrogens (tertiary/aromatic N) is 3. The van der Waals surface area contributed by atoms with Crippen molar-refractivity contribution in [3.63, 3.8) is 0 Å². The average Bonchev–Trinajstić information content (AvgIpc) is 2.65. The van der Waals surface area contributed by atoms with Crippen LogP contribution in [-0.2, 0) is 16.0 Å². The highest BCUT2D eigenvalue weighted by Gasteiger charge is 2.24. The molecule has 3 rings (SSSR count). The molecule has 0 aliphatic carbocycles. The number of hydrogen-bond donors (Lipinski definition) is 0. The Bertz CT molecular complexity index is 786. The van der Waals surface area contributed by atoms with Gasteiger partial charge in [-0.25, -0.2) is 9.78 Å². The number of rotatable bonds is 5. The predicted molar refractivity (Wildman–Crippen MR) is 97.6 cm³/mol. The van der Waals surface area contributed by atoms with Crippen molar-refractivity contribution in [1.82, 2.24) is 9.55 Å². The highest BCUT2D eigenvalue weighted by molar-refractivity contribution is 7.71. The molecule has 1 aliphatic heterocycles. The highest BCUT2D eigenvalue weighted by atomic mass is 32.1. The molecule has 0 spiro atoms. The Hall–Kier alpha value is -2.25. The number of carbonyl (C=O) groups is 1. The Morgan fingerprint density at radius 2 is 2.00 bits per heavy atom. The van der Waals surface area contributed by atoms with Crippen molar-refractivity contribution in [3.8, 4) is 0 Å². The van der Waals surface area contributed by atoms with Crippen molar-refractivity contribution in [2.24, 2.45) is 0 Å². The molecule has 1 saturated heterocycles. The van der Waals surface area contributed by atoms with Gasteiger partial charge in [0.25, 0.3) is 0 Å². The minimum atomic E-state index is -0.427. The zero-order valence-corrected chi connectivity index (χ0v) is 15.0. The fraction of sp³-hybridized carbons (Fsp3) is 0.389. The van der Waals surface area contributed by atoms with Crippen molar-refractivity contribution in [2.45, 2.75) is 13.5 Å². The molecule has 2 aromatic rings. The summed E-state index contributed by atoms with van der Waals surface area (Å²) in [5, 5.41) is 0. The summed E-state index contributed by atoms with van der Waals surface area (Å²) in [4.78, 5) is 19.1. The van der Waals surface area contributed by atoms with Crippen LogP contribution in [0.2, 0.25) is 0 Å². The van der Waals surface area contributed by atoms with Crippen LogP contribution < -0.4 is 4.90 Å². The summed E-state index contributed by atoms with van der Waals surface area (Å²) in [7, 11) is 0. The van der Waals surface area contributed by atoms with Crippen LogP contribution in [0.5, 0.6) is 0 Å². The number of anilines is 1. The molecule has 6 nitrogen and oxygen atoms in total. The van der Waals surface area contributed by atoms with Crippen LogP contribution in [0.3, 0.4) is 0 Å². The van der Waals surface area contributed by atoms with E-state index < -0.39 is 5.97 Å². The molecule has 0 atom stereocenters. The molecule has 1 fully saturated rings. The van der Waals surface area contributed by atoms with Crippen LogP contribution >= 0.6 is 12.2 Å². The summed E-state index contributed by atoms with van der Waals surface area (Å²) in [5.41, 5.74) is 1.45. The van der Waals surface area contributed by atoms with Gasteiger partial charge in [0.2, 0.25) is 0 Å². The van der Waals surface area contributed by atoms with E-state index in [0.29, 0.717) is 55.5 Å². The molecule has 25 heavy (non-hydrogen) atoms. The van der Waals surface area contributed by atoms with Gasteiger partial charge in [-0.05, 0) is 12.5 Å². The zero-order valence-electron chi connectivity index (χ0n) is 14.2. The maximum absolute atomic E-state index is 12.5. The van der Waals surface area contributed by atoms with Crippen molar-refractivity contribution >= 4 is 24.0 Å². The first-order valence-electron chi connectivity index (χ1n) is 8.34. The Labute approximate surface area is 152 Å². The van der Waals surface area contributed by atoms with Gasteiger partial charge in [0.05, 0.1) is 26.1 Å². The fourth-order valence-electron chi connectivity index (χ4n) is 2.77. The molecule has 0 saturated carbocycles. The maximum Gasteiger partial charge on any atom is 0.344 e. The third-order valence-electron chi connectivity index (χ3n) is 4.00. The number of benzene rings is 1. The average molecular weight is 359 g/mol. The number of esters is 1. The Kier molecular flexibility index (Phi) is 5.78. The lowest BCUT2D eigenvalue weighted by Crippen LogP contribution is -2.38. The van der Waals surface area contributed by atoms with Crippen molar-refractivity contribution in [1.29, 1.82) is 0 Å². The third-order valence-corrected chi connectivity index (χ3v) is 4.44. The SMILES string of the molecule is CCOC(=O)c1c(N2CCOCC2)ncn(Cc2ccccc2)c1=S. The van der Waals surface area contributed by atoms with Gasteiger partial charge in [-0.15, -0.1) is 0 Å². The number of hydrogen-bond acceptors (Lipinski definition) is 6. The normalized spacial score (nSPS) is 14.4. The lowest BCUT2D eigenvalue weighted by atomic mass is 10.2. The van der Waals surface area contributed by atoms with E-state index in [-0.39, 0.29) is 0 Å². The van der Waals surface area contributed by atoms with E-state index in [0.717, 1.165) is 5.56 Å². The number of aromatic nitrogens is 2. The van der Waals surface area contributed by atoms with Crippen LogP contribution in [0.1, 0.15) is 22.8 Å². The molecule has 1 aromatic heterocycles. The summed E-state index contributed by atoms with van der Waals surface area (Å²) in [5.74, 6) is 0.153. The number of ether oxygens (including phenoxy) is 2. The first kappa shape index (κ1) is 17.6. The van der Waals surface area contributed by atoms with Crippen LogP contribution in [0.4, 0.5) is 5.82 Å². The fourth-order valence-corrected chi connectivity index (χ4v) is 3.06. The molecular formula is C18H21N3O3S. The van der Waals surface area contributed by atoms with Gasteiger partial charge >= 0.3 is 5.97 Å². The van der Waals surface area contributed by atoms with Crippen LogP contribution in [0, 0.1) is 4.64 Å². The monoisotopic (exact) mass is 359 g/mol. The number of morpholine rings is 1. The molecule has 1 aliphatic rings. The Morgan fingerprint density at radius 3 is 2.68 bits per heavy atom. The lowest BCUT2D eigenvalue weighted by molar-refractivity contribution is 0.0523. The van der Waals surface area contributed by atoms with Crippen LogP contribution in [-0.4, -0.2) is 48.4 Å². The molecule has 1 aromatic carbocycles. The smallest absolute Gasteiger partial charge is 0.344 e. The topological polar surface area (TPSA) is 56.6 Å². The van der Waals surface area contributed by atoms with E-state index in [9.17, 15) is 4.79 Å². The number of carbonyl (C=O) groups excluding carboxylic acids is 1. The summed E-state index contributed by atoms with van der Waals surface area (Å²) < 4.78 is 12.9. The van der Waals surface area contributed by atoms with Gasteiger partial charge in [-0.2, -0.15) is 0 Å². The Balaban J connectivity index is 2.00. The second kappa shape index (κ2) is 8.22. The van der Waals surface area contributed by atoms with Gasteiger partial charge in [-0.1, -0.05) is 42.5 Å². The lowest BCUT2D eigenvalue weighted by Gasteiger charge is -2.29. The molecule has 0 N–H and O–H groups in total. The van der Waals surface area contributed by atoms with Crippen LogP contribution in [0.25, 0.3) is 0 Å². The van der Waals surface area contributed by atoms with Crippen molar-refractivity contribution in [3.05, 3.63) is 52.4 Å². The Morgan fingerprint density at radius 1 is 1.28 bits per heavy atom. The quantitative estimate of drug-likeness (QED) is 0.604. The van der Waals surface area contributed by atoms with Gasteiger partial charge < -0.3 is 18.9 Å². The van der Waals surface area contributed by atoms with E-state index in [1.807, 2.05) is 35.2 Å². The van der Waals surface area contributed by atoms with Gasteiger partial charge in [0.1, 0.15) is 16.0 Å². The minimum absolute atomic E-state index is 0.295. The van der Waals surface area contributed by atoms with Crippen molar-refractivity contribution in [2.75, 3.05) is 37.8 Å². The van der Waals surface area contributed by atoms with Crippen LogP contribution in [0.15, 0.2) is 36.7 Å². The third kappa shape index (κ3) is 4.05. The van der Waals surface area contributed by atoms with E-state index in [1.165, 1.54) is 0 Å². The van der Waals surface area contributed by atoms with E-state index in [2.05, 4.69) is 4.98 Å². The molecule has 132 valence electrons. The van der Waals surface area contributed by atoms with E-state index in [1.54, 1.807) is 17.8 Å². The summed E-state index contributed by atoms with van der Waals surface area (Å²) in [6, 6.07) is 9.94. The summed E-state index contributed by atoms with van der Waals surface area (Å²) in [6.45, 7) is 5.20. The minimum Gasteiger partial charge on any atom is -0.462 e. The standard InChI is InChI=1S/C18H21N3O3S/c1-2-24-18(22)15-16(20-8-10-23-11-9-20)19-13-21(17(15)25)12-14-6-4-3-5-7-14/h3-7,13H,2,8-12H2,1H3. The van der Waals surface area contributed by atoms with Crippen molar-refractivity contribution < 1.29 is 14.3 Å². The molecular weight excluding hydrogens is 338 g/mol. The van der Waals surface area contributed by atoms with Gasteiger partial charge in [-0.3, -0.25) is 0 Å². The summed E-state index contributed by atoms with van der Waals surface area (Å²) in [6.07, 6.45) is 1.70. The molecule has 2 heterocycles. The second-order valence-electron chi connectivity index (χ2n) is 5.68. The van der Waals surface area contributed by atoms with Gasteiger partial charge in [0.15, 0.2) is 0 Å². The first-order chi connectivity index (χ1) is 12.2. The molecule has 0 unspecified atom stereocenters. The molecule has 0 amide bonds. The van der Waals surface area contributed by atoms with E-state index in [4.69, 9.17) is 21.7 Å².